The van der Waals surface area contributed by atoms with E-state index < -0.39 is 6.10 Å². The largest absolute Gasteiger partial charge is 0.497 e. The zero-order valence-electron chi connectivity index (χ0n) is 15.9. The van der Waals surface area contributed by atoms with E-state index in [0.29, 0.717) is 25.3 Å². The molecule has 5 nitrogen and oxygen atoms in total. The second-order valence-corrected chi connectivity index (χ2v) is 6.03. The molecule has 2 aromatic rings. The van der Waals surface area contributed by atoms with Crippen LogP contribution in [0.2, 0.25) is 0 Å². The quantitative estimate of drug-likeness (QED) is 0.696. The number of amides is 1. The SMILES string of the molecule is CC[C@H](Oc1cccc(C)c1C)C(=O)NCCOc1cccc(OC)c1. The fraction of sp³-hybridized carbons (Fsp3) is 0.381. The van der Waals surface area contributed by atoms with Gasteiger partial charge in [0.25, 0.3) is 5.91 Å². The van der Waals surface area contributed by atoms with Crippen molar-refractivity contribution in [3.63, 3.8) is 0 Å². The molecule has 0 aliphatic rings. The van der Waals surface area contributed by atoms with Crippen LogP contribution < -0.4 is 19.5 Å². The first kappa shape index (κ1) is 19.6. The van der Waals surface area contributed by atoms with Crippen molar-refractivity contribution in [3.8, 4) is 17.2 Å². The molecule has 0 fully saturated rings. The Hall–Kier alpha value is -2.69. The van der Waals surface area contributed by atoms with Crippen molar-refractivity contribution in [2.45, 2.75) is 33.3 Å². The van der Waals surface area contributed by atoms with E-state index in [9.17, 15) is 4.79 Å². The highest BCUT2D eigenvalue weighted by atomic mass is 16.5. The highest BCUT2D eigenvalue weighted by molar-refractivity contribution is 5.81. The molecule has 1 atom stereocenters. The Morgan fingerprint density at radius 2 is 1.85 bits per heavy atom. The van der Waals surface area contributed by atoms with Crippen molar-refractivity contribution in [1.82, 2.24) is 5.32 Å². The molecule has 0 radical (unpaired) electrons. The molecule has 0 aromatic heterocycles. The van der Waals surface area contributed by atoms with Crippen LogP contribution in [0.5, 0.6) is 17.2 Å². The van der Waals surface area contributed by atoms with Crippen molar-refractivity contribution in [2.24, 2.45) is 0 Å². The van der Waals surface area contributed by atoms with Crippen LogP contribution in [0.15, 0.2) is 42.5 Å². The molecule has 1 N–H and O–H groups in total. The number of ether oxygens (including phenoxy) is 3. The third-order valence-corrected chi connectivity index (χ3v) is 4.20. The van der Waals surface area contributed by atoms with Gasteiger partial charge in [0.05, 0.1) is 13.7 Å². The van der Waals surface area contributed by atoms with Gasteiger partial charge in [-0.2, -0.15) is 0 Å². The van der Waals surface area contributed by atoms with Gasteiger partial charge in [-0.3, -0.25) is 4.79 Å². The molecule has 0 heterocycles. The van der Waals surface area contributed by atoms with Crippen LogP contribution in [0.3, 0.4) is 0 Å². The summed E-state index contributed by atoms with van der Waals surface area (Å²) in [6.45, 7) is 6.74. The second-order valence-electron chi connectivity index (χ2n) is 6.03. The van der Waals surface area contributed by atoms with E-state index in [2.05, 4.69) is 5.32 Å². The maximum atomic E-state index is 12.4. The molecule has 2 aromatic carbocycles. The topological polar surface area (TPSA) is 56.8 Å². The second kappa shape index (κ2) is 9.70. The first-order chi connectivity index (χ1) is 12.5. The number of aryl methyl sites for hydroxylation is 1. The minimum absolute atomic E-state index is 0.136. The molecular formula is C21H27NO4. The molecule has 1 amide bonds. The number of carbonyl (C=O) groups excluding carboxylic acids is 1. The molecule has 140 valence electrons. The van der Waals surface area contributed by atoms with Gasteiger partial charge in [-0.25, -0.2) is 0 Å². The van der Waals surface area contributed by atoms with Gasteiger partial charge in [0.2, 0.25) is 0 Å². The standard InChI is InChI=1S/C21H27NO4/c1-5-19(26-20-11-6-8-15(2)16(20)3)21(23)22-12-13-25-18-10-7-9-17(14-18)24-4/h6-11,14,19H,5,12-13H2,1-4H3,(H,22,23)/t19-/m0/s1. The maximum Gasteiger partial charge on any atom is 0.261 e. The minimum atomic E-state index is -0.521. The summed E-state index contributed by atoms with van der Waals surface area (Å²) >= 11 is 0. The number of hydrogen-bond acceptors (Lipinski definition) is 4. The minimum Gasteiger partial charge on any atom is -0.497 e. The fourth-order valence-electron chi connectivity index (χ4n) is 2.48. The molecular weight excluding hydrogens is 330 g/mol. The summed E-state index contributed by atoms with van der Waals surface area (Å²) in [6, 6.07) is 13.2. The number of carbonyl (C=O) groups is 1. The molecule has 0 unspecified atom stereocenters. The Morgan fingerprint density at radius 1 is 1.12 bits per heavy atom. The average molecular weight is 357 g/mol. The number of rotatable bonds is 9. The van der Waals surface area contributed by atoms with Gasteiger partial charge in [0.15, 0.2) is 6.10 Å². The van der Waals surface area contributed by atoms with Crippen molar-refractivity contribution in [1.29, 1.82) is 0 Å². The summed E-state index contributed by atoms with van der Waals surface area (Å²) < 4.78 is 16.7. The number of hydrogen-bond donors (Lipinski definition) is 1. The highest BCUT2D eigenvalue weighted by Crippen LogP contribution is 2.22. The Morgan fingerprint density at radius 3 is 2.58 bits per heavy atom. The predicted molar refractivity (Wildman–Crippen MR) is 102 cm³/mol. The van der Waals surface area contributed by atoms with Crippen LogP contribution in [-0.4, -0.2) is 32.3 Å². The fourth-order valence-corrected chi connectivity index (χ4v) is 2.48. The normalized spacial score (nSPS) is 11.5. The van der Waals surface area contributed by atoms with E-state index in [0.717, 1.165) is 22.6 Å². The Kier molecular flexibility index (Phi) is 7.33. The third kappa shape index (κ3) is 5.41. The van der Waals surface area contributed by atoms with Crippen molar-refractivity contribution in [3.05, 3.63) is 53.6 Å². The average Bonchev–Trinajstić information content (AvgIpc) is 2.66. The van der Waals surface area contributed by atoms with Gasteiger partial charge < -0.3 is 19.5 Å². The Labute approximate surface area is 155 Å². The molecule has 0 aliphatic heterocycles. The van der Waals surface area contributed by atoms with E-state index in [-0.39, 0.29) is 5.91 Å². The number of benzene rings is 2. The van der Waals surface area contributed by atoms with Gasteiger partial charge in [-0.1, -0.05) is 25.1 Å². The van der Waals surface area contributed by atoms with E-state index in [1.165, 1.54) is 0 Å². The van der Waals surface area contributed by atoms with Gasteiger partial charge in [-0.05, 0) is 49.6 Å². The summed E-state index contributed by atoms with van der Waals surface area (Å²) in [6.07, 6.45) is 0.0722. The van der Waals surface area contributed by atoms with Crippen molar-refractivity contribution >= 4 is 5.91 Å². The molecule has 0 aliphatic carbocycles. The maximum absolute atomic E-state index is 12.4. The van der Waals surface area contributed by atoms with Crippen LogP contribution in [0.1, 0.15) is 24.5 Å². The lowest BCUT2D eigenvalue weighted by Crippen LogP contribution is -2.39. The number of methoxy groups -OCH3 is 1. The first-order valence-electron chi connectivity index (χ1n) is 8.82. The predicted octanol–water partition coefficient (Wildman–Crippen LogP) is 3.66. The van der Waals surface area contributed by atoms with Gasteiger partial charge in [-0.15, -0.1) is 0 Å². The first-order valence-corrected chi connectivity index (χ1v) is 8.82. The van der Waals surface area contributed by atoms with Crippen LogP contribution in [0, 0.1) is 13.8 Å². The van der Waals surface area contributed by atoms with E-state index in [4.69, 9.17) is 14.2 Å². The summed E-state index contributed by atoms with van der Waals surface area (Å²) in [7, 11) is 1.61. The van der Waals surface area contributed by atoms with Gasteiger partial charge in [0.1, 0.15) is 23.9 Å². The number of nitrogens with one attached hydrogen (secondary N) is 1. The molecule has 0 saturated heterocycles. The molecule has 0 saturated carbocycles. The van der Waals surface area contributed by atoms with Gasteiger partial charge in [0, 0.05) is 6.07 Å². The van der Waals surface area contributed by atoms with E-state index in [1.807, 2.05) is 57.2 Å². The van der Waals surface area contributed by atoms with Gasteiger partial charge >= 0.3 is 0 Å². The third-order valence-electron chi connectivity index (χ3n) is 4.20. The zero-order chi connectivity index (χ0) is 18.9. The smallest absolute Gasteiger partial charge is 0.261 e. The van der Waals surface area contributed by atoms with Crippen molar-refractivity contribution < 1.29 is 19.0 Å². The summed E-state index contributed by atoms with van der Waals surface area (Å²) in [4.78, 5) is 12.4. The van der Waals surface area contributed by atoms with Crippen LogP contribution in [0.4, 0.5) is 0 Å². The molecule has 0 bridgehead atoms. The lowest BCUT2D eigenvalue weighted by molar-refractivity contribution is -0.128. The summed E-state index contributed by atoms with van der Waals surface area (Å²) in [5, 5.41) is 2.87. The monoisotopic (exact) mass is 357 g/mol. The molecule has 5 heteroatoms. The summed E-state index contributed by atoms with van der Waals surface area (Å²) in [5.74, 6) is 2.05. The van der Waals surface area contributed by atoms with Crippen LogP contribution in [0.25, 0.3) is 0 Å². The zero-order valence-corrected chi connectivity index (χ0v) is 15.9. The Bertz CT molecular complexity index is 730. The lowest BCUT2D eigenvalue weighted by Gasteiger charge is -2.19. The van der Waals surface area contributed by atoms with Crippen molar-refractivity contribution in [2.75, 3.05) is 20.3 Å². The van der Waals surface area contributed by atoms with E-state index >= 15 is 0 Å². The summed E-state index contributed by atoms with van der Waals surface area (Å²) in [5.41, 5.74) is 2.20. The van der Waals surface area contributed by atoms with Crippen LogP contribution >= 0.6 is 0 Å². The van der Waals surface area contributed by atoms with Crippen LogP contribution in [-0.2, 0) is 4.79 Å². The molecule has 0 spiro atoms. The molecule has 2 rings (SSSR count). The van der Waals surface area contributed by atoms with E-state index in [1.54, 1.807) is 13.2 Å². The Balaban J connectivity index is 1.82. The lowest BCUT2D eigenvalue weighted by atomic mass is 10.1. The highest BCUT2D eigenvalue weighted by Gasteiger charge is 2.19. The molecule has 26 heavy (non-hydrogen) atoms.